The van der Waals surface area contributed by atoms with E-state index in [9.17, 15) is 0 Å². The first-order valence-corrected chi connectivity index (χ1v) is 10.6. The predicted molar refractivity (Wildman–Crippen MR) is 102 cm³/mol. The first kappa shape index (κ1) is 20.2. The van der Waals surface area contributed by atoms with Crippen molar-refractivity contribution in [2.75, 3.05) is 53.4 Å². The first-order valence-electron chi connectivity index (χ1n) is 9.14. The smallest absolute Gasteiger partial charge is 0.0134 e. The zero-order chi connectivity index (χ0) is 16.9. The normalized spacial score (nSPS) is 29.5. The highest BCUT2D eigenvalue weighted by Crippen LogP contribution is 2.60. The third kappa shape index (κ3) is 3.81. The van der Waals surface area contributed by atoms with E-state index in [-0.39, 0.29) is 0 Å². The van der Waals surface area contributed by atoms with Crippen LogP contribution in [0.1, 0.15) is 48.0 Å². The molecule has 1 saturated heterocycles. The monoisotopic (exact) mass is 332 g/mol. The van der Waals surface area contributed by atoms with E-state index < -0.39 is 10.8 Å². The van der Waals surface area contributed by atoms with Crippen molar-refractivity contribution in [2.24, 2.45) is 11.8 Å². The second-order valence-electron chi connectivity index (χ2n) is 6.79. The summed E-state index contributed by atoms with van der Waals surface area (Å²) in [6.45, 7) is 21.0. The van der Waals surface area contributed by atoms with Crippen LogP contribution in [0.3, 0.4) is 0 Å². The molecule has 0 saturated carbocycles. The molecule has 0 radical (unpaired) electrons. The van der Waals surface area contributed by atoms with Crippen molar-refractivity contribution in [3.05, 3.63) is 0 Å². The van der Waals surface area contributed by atoms with Crippen molar-refractivity contribution in [3.8, 4) is 0 Å². The maximum absolute atomic E-state index is 2.78. The molecular formula is C17H40N4S. The molecule has 1 aliphatic rings. The van der Waals surface area contributed by atoms with Gasteiger partial charge in [-0.05, 0) is 43.1 Å². The van der Waals surface area contributed by atoms with Crippen LogP contribution in [-0.2, 0) is 0 Å². The third-order valence-electron chi connectivity index (χ3n) is 4.96. The number of hydrogen-bond acceptors (Lipinski definition) is 4. The molecule has 22 heavy (non-hydrogen) atoms. The van der Waals surface area contributed by atoms with Crippen molar-refractivity contribution < 1.29 is 0 Å². The van der Waals surface area contributed by atoms with Crippen molar-refractivity contribution in [2.45, 2.75) is 48.0 Å². The molecule has 0 aromatic heterocycles. The van der Waals surface area contributed by atoms with Crippen LogP contribution in [0.15, 0.2) is 0 Å². The van der Waals surface area contributed by atoms with Crippen LogP contribution in [0.25, 0.3) is 0 Å². The van der Waals surface area contributed by atoms with Crippen molar-refractivity contribution in [1.29, 1.82) is 0 Å². The minimum absolute atomic E-state index is 0.774. The molecule has 0 amide bonds. The van der Waals surface area contributed by atoms with Crippen molar-refractivity contribution >= 4 is 10.8 Å². The minimum atomic E-state index is -1.23. The molecule has 1 heterocycles. The van der Waals surface area contributed by atoms with Crippen LogP contribution in [0.5, 0.6) is 0 Å². The predicted octanol–water partition coefficient (Wildman–Crippen LogP) is 3.67. The summed E-state index contributed by atoms with van der Waals surface area (Å²) >= 11 is 0. The summed E-state index contributed by atoms with van der Waals surface area (Å²) in [5, 5.41) is 0. The van der Waals surface area contributed by atoms with Gasteiger partial charge in [0.25, 0.3) is 0 Å². The second-order valence-corrected chi connectivity index (χ2v) is 10.0. The molecule has 1 aliphatic heterocycles. The van der Waals surface area contributed by atoms with Gasteiger partial charge in [0.05, 0.1) is 0 Å². The van der Waals surface area contributed by atoms with Crippen LogP contribution < -0.4 is 0 Å². The quantitative estimate of drug-likeness (QED) is 0.735. The summed E-state index contributed by atoms with van der Waals surface area (Å²) in [4.78, 5) is 0. The van der Waals surface area contributed by atoms with Crippen molar-refractivity contribution in [3.63, 3.8) is 0 Å². The highest BCUT2D eigenvalue weighted by Gasteiger charge is 2.44. The lowest BCUT2D eigenvalue weighted by Crippen LogP contribution is -2.57. The summed E-state index contributed by atoms with van der Waals surface area (Å²) in [6, 6.07) is 0. The summed E-state index contributed by atoms with van der Waals surface area (Å²) in [6.07, 6.45) is 1.34. The molecule has 1 fully saturated rings. The second kappa shape index (κ2) is 8.88. The molecule has 0 aromatic carbocycles. The van der Waals surface area contributed by atoms with Gasteiger partial charge in [-0.1, -0.05) is 41.5 Å². The van der Waals surface area contributed by atoms with Gasteiger partial charge >= 0.3 is 0 Å². The van der Waals surface area contributed by atoms with Crippen molar-refractivity contribution in [1.82, 2.24) is 17.2 Å². The maximum atomic E-state index is 2.78. The largest absolute Gasteiger partial charge is 0.236 e. The molecule has 5 heteroatoms. The molecule has 1 rings (SSSR count). The van der Waals surface area contributed by atoms with Gasteiger partial charge in [0, 0.05) is 39.3 Å². The van der Waals surface area contributed by atoms with E-state index >= 15 is 0 Å². The van der Waals surface area contributed by atoms with E-state index in [1.165, 1.54) is 19.5 Å². The molecule has 0 aliphatic carbocycles. The Morgan fingerprint density at radius 1 is 0.818 bits per heavy atom. The van der Waals surface area contributed by atoms with Crippen LogP contribution in [0.2, 0.25) is 0 Å². The lowest BCUT2D eigenvalue weighted by atomic mass is 9.97. The standard InChI is InChI=1S/C17H40N4S/c1-9-18(7)22(19(8)10-2)20(11-3)14-16(5)13-17(6)15-21(22)12-4/h16-17H,9-15H2,1-8H3. The Morgan fingerprint density at radius 2 is 1.18 bits per heavy atom. The molecule has 2 atom stereocenters. The molecule has 134 valence electrons. The zero-order valence-electron chi connectivity index (χ0n) is 16.3. The zero-order valence-corrected chi connectivity index (χ0v) is 17.1. The topological polar surface area (TPSA) is 13.0 Å². The van der Waals surface area contributed by atoms with E-state index in [1.807, 2.05) is 0 Å². The number of nitrogens with zero attached hydrogens (tertiary/aromatic N) is 4. The number of hydrogen-bond donors (Lipinski definition) is 0. The van der Waals surface area contributed by atoms with E-state index in [0.29, 0.717) is 0 Å². The maximum Gasteiger partial charge on any atom is 0.0134 e. The fraction of sp³-hybridized carbons (Fsp3) is 1.00. The average Bonchev–Trinajstić information content (AvgIpc) is 2.50. The fourth-order valence-electron chi connectivity index (χ4n) is 3.87. The van der Waals surface area contributed by atoms with Crippen LogP contribution >= 0.6 is 10.8 Å². The Kier molecular flexibility index (Phi) is 8.17. The van der Waals surface area contributed by atoms with E-state index in [2.05, 4.69) is 72.9 Å². The molecular weight excluding hydrogens is 292 g/mol. The van der Waals surface area contributed by atoms with Gasteiger partial charge in [-0.3, -0.25) is 0 Å². The third-order valence-corrected chi connectivity index (χ3v) is 9.35. The summed E-state index contributed by atoms with van der Waals surface area (Å²) < 4.78 is 10.8. The molecule has 2 unspecified atom stereocenters. The van der Waals surface area contributed by atoms with E-state index in [0.717, 1.165) is 38.0 Å². The van der Waals surface area contributed by atoms with Crippen LogP contribution in [0, 0.1) is 11.8 Å². The molecule has 4 nitrogen and oxygen atoms in total. The molecule has 0 N–H and O–H groups in total. The van der Waals surface area contributed by atoms with Crippen LogP contribution in [-0.4, -0.2) is 70.6 Å². The Morgan fingerprint density at radius 3 is 1.45 bits per heavy atom. The van der Waals surface area contributed by atoms with Gasteiger partial charge in [-0.2, -0.15) is 0 Å². The fourth-order valence-corrected chi connectivity index (χ4v) is 8.55. The summed E-state index contributed by atoms with van der Waals surface area (Å²) in [5.74, 6) is 1.55. The van der Waals surface area contributed by atoms with Gasteiger partial charge in [-0.15, -0.1) is 0 Å². The Bertz CT molecular complexity index is 296. The van der Waals surface area contributed by atoms with E-state index in [4.69, 9.17) is 0 Å². The molecule has 0 bridgehead atoms. The Balaban J connectivity index is 3.40. The highest BCUT2D eigenvalue weighted by atomic mass is 32.3. The van der Waals surface area contributed by atoms with Gasteiger partial charge < -0.3 is 0 Å². The van der Waals surface area contributed by atoms with Gasteiger partial charge in [0.1, 0.15) is 0 Å². The Hall–Kier alpha value is 0.190. The lowest BCUT2D eigenvalue weighted by Gasteiger charge is -2.64. The van der Waals surface area contributed by atoms with Gasteiger partial charge in [-0.25, -0.2) is 17.2 Å². The first-order chi connectivity index (χ1) is 10.4. The highest BCUT2D eigenvalue weighted by molar-refractivity contribution is 8.25. The summed E-state index contributed by atoms with van der Waals surface area (Å²) in [7, 11) is 3.42. The lowest BCUT2D eigenvalue weighted by molar-refractivity contribution is 0.225. The van der Waals surface area contributed by atoms with Gasteiger partial charge in [0.2, 0.25) is 0 Å². The number of rotatable bonds is 6. The van der Waals surface area contributed by atoms with Crippen LogP contribution in [0.4, 0.5) is 0 Å². The molecule has 0 spiro atoms. The average molecular weight is 333 g/mol. The Labute approximate surface area is 141 Å². The SMILES string of the molecule is CCN(C)S1(N(C)CC)N(CC)CC(C)CC(C)CN1CC. The summed E-state index contributed by atoms with van der Waals surface area (Å²) in [5.41, 5.74) is 0. The van der Waals surface area contributed by atoms with E-state index in [1.54, 1.807) is 0 Å². The molecule has 0 aromatic rings. The van der Waals surface area contributed by atoms with Gasteiger partial charge in [0.15, 0.2) is 0 Å². The minimum Gasteiger partial charge on any atom is -0.236 e.